The minimum absolute atomic E-state index is 0.350. The van der Waals surface area contributed by atoms with Crippen molar-refractivity contribution < 1.29 is 9.47 Å². The van der Waals surface area contributed by atoms with Crippen molar-refractivity contribution in [2.45, 2.75) is 32.9 Å². The van der Waals surface area contributed by atoms with Crippen molar-refractivity contribution in [3.63, 3.8) is 0 Å². The van der Waals surface area contributed by atoms with Crippen LogP contribution in [0.3, 0.4) is 0 Å². The van der Waals surface area contributed by atoms with E-state index in [9.17, 15) is 4.79 Å². The maximum absolute atomic E-state index is 12.8. The van der Waals surface area contributed by atoms with Gasteiger partial charge < -0.3 is 19.7 Å². The molecule has 188 valence electrons. The van der Waals surface area contributed by atoms with Crippen molar-refractivity contribution in [3.05, 3.63) is 82.3 Å². The SMILES string of the molecule is CCCCNc1nc(N(Cc2ccc(OC)cc2)Cc2ccc(OC)cc2)nc2ccn(Cl)c(=O)c12. The molecule has 9 heteroatoms. The van der Waals surface area contributed by atoms with Crippen LogP contribution < -0.4 is 25.2 Å². The summed E-state index contributed by atoms with van der Waals surface area (Å²) in [5, 5.41) is 3.70. The minimum atomic E-state index is -0.350. The molecule has 0 radical (unpaired) electrons. The van der Waals surface area contributed by atoms with Crippen LogP contribution in [0.15, 0.2) is 65.6 Å². The highest BCUT2D eigenvalue weighted by atomic mass is 35.5. The van der Waals surface area contributed by atoms with E-state index in [1.807, 2.05) is 48.5 Å². The number of rotatable bonds is 11. The molecule has 0 saturated heterocycles. The van der Waals surface area contributed by atoms with Crippen molar-refractivity contribution in [2.75, 3.05) is 31.0 Å². The van der Waals surface area contributed by atoms with E-state index in [-0.39, 0.29) is 5.56 Å². The van der Waals surface area contributed by atoms with E-state index in [0.717, 1.165) is 39.6 Å². The molecular weight excluding hydrogens is 478 g/mol. The second-order valence-electron chi connectivity index (χ2n) is 8.40. The molecule has 0 atom stereocenters. The molecule has 0 aliphatic rings. The summed E-state index contributed by atoms with van der Waals surface area (Å²) in [5.41, 5.74) is 2.33. The lowest BCUT2D eigenvalue weighted by Gasteiger charge is -2.24. The molecule has 0 bridgehead atoms. The fraction of sp³-hybridized carbons (Fsp3) is 0.296. The zero-order chi connectivity index (χ0) is 25.5. The summed E-state index contributed by atoms with van der Waals surface area (Å²) in [7, 11) is 3.30. The molecule has 0 spiro atoms. The summed E-state index contributed by atoms with van der Waals surface area (Å²) in [5.74, 6) is 2.59. The number of hydrogen-bond donors (Lipinski definition) is 1. The second kappa shape index (κ2) is 11.8. The predicted octanol–water partition coefficient (Wildman–Crippen LogP) is 5.23. The zero-order valence-electron chi connectivity index (χ0n) is 20.7. The van der Waals surface area contributed by atoms with Crippen molar-refractivity contribution in [2.24, 2.45) is 0 Å². The monoisotopic (exact) mass is 507 g/mol. The Bertz CT molecular complexity index is 1310. The Hall–Kier alpha value is -3.78. The van der Waals surface area contributed by atoms with E-state index >= 15 is 0 Å². The van der Waals surface area contributed by atoms with Crippen LogP contribution in [0.5, 0.6) is 11.5 Å². The van der Waals surface area contributed by atoms with E-state index < -0.39 is 0 Å². The van der Waals surface area contributed by atoms with Gasteiger partial charge in [0, 0.05) is 37.6 Å². The molecule has 0 fully saturated rings. The highest BCUT2D eigenvalue weighted by Gasteiger charge is 2.18. The lowest BCUT2D eigenvalue weighted by atomic mass is 10.1. The average Bonchev–Trinajstić information content (AvgIpc) is 2.91. The maximum atomic E-state index is 12.8. The quantitative estimate of drug-likeness (QED) is 0.278. The van der Waals surface area contributed by atoms with Crippen LogP contribution >= 0.6 is 11.8 Å². The van der Waals surface area contributed by atoms with E-state index in [1.54, 1.807) is 20.3 Å². The Balaban J connectivity index is 1.77. The minimum Gasteiger partial charge on any atom is -0.497 e. The Morgan fingerprint density at radius 3 is 2.03 bits per heavy atom. The number of pyridine rings is 1. The van der Waals surface area contributed by atoms with Gasteiger partial charge in [0.2, 0.25) is 5.95 Å². The van der Waals surface area contributed by atoms with Gasteiger partial charge in [-0.1, -0.05) is 37.6 Å². The Kier molecular flexibility index (Phi) is 8.28. The normalized spacial score (nSPS) is 10.9. The third-order valence-corrected chi connectivity index (χ3v) is 6.13. The van der Waals surface area contributed by atoms with Crippen LogP contribution in [0.1, 0.15) is 30.9 Å². The van der Waals surface area contributed by atoms with E-state index in [1.165, 1.54) is 6.20 Å². The number of methoxy groups -OCH3 is 2. The standard InChI is InChI=1S/C27H30ClN5O3/c1-4-5-15-29-25-24-23(14-16-33(28)26(24)34)30-27(31-25)32(17-19-6-10-21(35-2)11-7-19)18-20-8-12-22(36-3)13-9-20/h6-14,16H,4-5,15,17-18H2,1-3H3,(H,29,30,31). The molecule has 8 nitrogen and oxygen atoms in total. The van der Waals surface area contributed by atoms with E-state index in [0.29, 0.717) is 42.3 Å². The summed E-state index contributed by atoms with van der Waals surface area (Å²) in [6, 6.07) is 17.6. The van der Waals surface area contributed by atoms with Crippen LogP contribution in [-0.4, -0.2) is 34.8 Å². The Morgan fingerprint density at radius 1 is 0.917 bits per heavy atom. The summed E-state index contributed by atoms with van der Waals surface area (Å²) in [6.45, 7) is 3.92. The molecule has 0 unspecified atom stereocenters. The molecule has 1 N–H and O–H groups in total. The van der Waals surface area contributed by atoms with Gasteiger partial charge in [0.1, 0.15) is 22.7 Å². The molecule has 2 heterocycles. The van der Waals surface area contributed by atoms with Crippen LogP contribution in [0, 0.1) is 0 Å². The van der Waals surface area contributed by atoms with Crippen LogP contribution in [0.25, 0.3) is 10.9 Å². The fourth-order valence-corrected chi connectivity index (χ4v) is 4.00. The molecule has 0 amide bonds. The zero-order valence-corrected chi connectivity index (χ0v) is 21.5. The Labute approximate surface area is 215 Å². The number of unbranched alkanes of at least 4 members (excludes halogenated alkanes) is 1. The molecule has 2 aromatic heterocycles. The molecule has 4 rings (SSSR count). The van der Waals surface area contributed by atoms with Gasteiger partial charge >= 0.3 is 0 Å². The number of benzene rings is 2. The predicted molar refractivity (Wildman–Crippen MR) is 144 cm³/mol. The van der Waals surface area contributed by atoms with Crippen molar-refractivity contribution >= 4 is 34.4 Å². The molecular formula is C27H30ClN5O3. The van der Waals surface area contributed by atoms with Gasteiger partial charge in [0.25, 0.3) is 5.56 Å². The largest absolute Gasteiger partial charge is 0.497 e. The molecule has 0 aliphatic heterocycles. The van der Waals surface area contributed by atoms with Gasteiger partial charge in [0.15, 0.2) is 0 Å². The van der Waals surface area contributed by atoms with Crippen molar-refractivity contribution in [1.29, 1.82) is 0 Å². The maximum Gasteiger partial charge on any atom is 0.278 e. The summed E-state index contributed by atoms with van der Waals surface area (Å²) >= 11 is 6.08. The third-order valence-electron chi connectivity index (χ3n) is 5.87. The number of nitrogens with one attached hydrogen (secondary N) is 1. The summed E-state index contributed by atoms with van der Waals surface area (Å²) in [6.07, 6.45) is 3.48. The molecule has 36 heavy (non-hydrogen) atoms. The Morgan fingerprint density at radius 2 is 1.50 bits per heavy atom. The first kappa shape index (κ1) is 25.3. The highest BCUT2D eigenvalue weighted by Crippen LogP contribution is 2.25. The van der Waals surface area contributed by atoms with Crippen molar-refractivity contribution in [1.82, 2.24) is 14.1 Å². The van der Waals surface area contributed by atoms with Crippen LogP contribution in [0.2, 0.25) is 0 Å². The van der Waals surface area contributed by atoms with E-state index in [4.69, 9.17) is 31.2 Å². The number of fused-ring (bicyclic) bond motifs is 1. The number of hydrogen-bond acceptors (Lipinski definition) is 7. The lowest BCUT2D eigenvalue weighted by Crippen LogP contribution is -2.26. The topological polar surface area (TPSA) is 81.5 Å². The fourth-order valence-electron chi connectivity index (χ4n) is 3.86. The third kappa shape index (κ3) is 5.88. The van der Waals surface area contributed by atoms with Gasteiger partial charge in [-0.05, 0) is 47.9 Å². The van der Waals surface area contributed by atoms with Gasteiger partial charge in [-0.3, -0.25) is 4.79 Å². The molecule has 0 saturated carbocycles. The highest BCUT2D eigenvalue weighted by molar-refractivity contribution is 6.16. The molecule has 4 aromatic rings. The van der Waals surface area contributed by atoms with Crippen LogP contribution in [-0.2, 0) is 13.1 Å². The first-order valence-electron chi connectivity index (χ1n) is 11.9. The average molecular weight is 508 g/mol. The first-order chi connectivity index (χ1) is 17.5. The van der Waals surface area contributed by atoms with Gasteiger partial charge in [-0.15, -0.1) is 0 Å². The van der Waals surface area contributed by atoms with Gasteiger partial charge in [0.05, 0.1) is 19.7 Å². The van der Waals surface area contributed by atoms with Gasteiger partial charge in [-0.2, -0.15) is 4.98 Å². The molecule has 2 aromatic carbocycles. The van der Waals surface area contributed by atoms with E-state index in [2.05, 4.69) is 17.1 Å². The number of ether oxygens (including phenoxy) is 2. The lowest BCUT2D eigenvalue weighted by molar-refractivity contribution is 0.414. The smallest absolute Gasteiger partial charge is 0.278 e. The first-order valence-corrected chi connectivity index (χ1v) is 12.2. The number of halogens is 1. The number of nitrogens with zero attached hydrogens (tertiary/aromatic N) is 4. The van der Waals surface area contributed by atoms with Gasteiger partial charge in [-0.25, -0.2) is 9.07 Å². The number of anilines is 2. The number of aromatic nitrogens is 3. The second-order valence-corrected chi connectivity index (χ2v) is 8.76. The summed E-state index contributed by atoms with van der Waals surface area (Å²) in [4.78, 5) is 24.5. The van der Waals surface area contributed by atoms with Crippen molar-refractivity contribution in [3.8, 4) is 11.5 Å². The summed E-state index contributed by atoms with van der Waals surface area (Å²) < 4.78 is 11.6. The van der Waals surface area contributed by atoms with Crippen LogP contribution in [0.4, 0.5) is 11.8 Å². The molecule has 0 aliphatic carbocycles.